The molecule has 0 saturated carbocycles. The summed E-state index contributed by atoms with van der Waals surface area (Å²) in [7, 11) is 0. The van der Waals surface area contributed by atoms with E-state index in [9.17, 15) is 13.2 Å². The minimum Gasteiger partial charge on any atom is -0.299 e. The van der Waals surface area contributed by atoms with Crippen LogP contribution in [0.15, 0.2) is 24.9 Å². The maximum absolute atomic E-state index is 12.7. The fourth-order valence-electron chi connectivity index (χ4n) is 2.71. The third-order valence-electron chi connectivity index (χ3n) is 4.19. The number of pyridine rings is 1. The lowest BCUT2D eigenvalue weighted by atomic mass is 10.2. The average Bonchev–Trinajstić information content (AvgIpc) is 3.08. The van der Waals surface area contributed by atoms with Crippen molar-refractivity contribution in [3.8, 4) is 0 Å². The Morgan fingerprint density at radius 1 is 1.08 bits per heavy atom. The Labute approximate surface area is 148 Å². The first-order valence-corrected chi connectivity index (χ1v) is 8.28. The van der Waals surface area contributed by atoms with E-state index in [4.69, 9.17) is 11.6 Å². The smallest absolute Gasteiger partial charge is 0.299 e. The van der Waals surface area contributed by atoms with E-state index in [2.05, 4.69) is 24.9 Å². The van der Waals surface area contributed by atoms with Crippen LogP contribution in [0.5, 0.6) is 0 Å². The number of aromatic nitrogens is 4. The number of hydrogen-bond donors (Lipinski definition) is 0. The number of hydrogen-bond acceptors (Lipinski definition) is 5. The predicted octanol–water partition coefficient (Wildman–Crippen LogP) is 2.16. The summed E-state index contributed by atoms with van der Waals surface area (Å²) in [5, 5.41) is 4.13. The third-order valence-corrected chi connectivity index (χ3v) is 4.52. The van der Waals surface area contributed by atoms with Crippen LogP contribution in [0, 0.1) is 0 Å². The van der Waals surface area contributed by atoms with Crippen molar-refractivity contribution in [1.82, 2.24) is 29.5 Å². The fraction of sp³-hybridized carbons (Fsp3) is 0.533. The molecule has 1 aliphatic rings. The number of halogens is 4. The Hall–Kier alpha value is -1.71. The third kappa shape index (κ3) is 4.90. The molecule has 1 fully saturated rings. The molecule has 0 atom stereocenters. The molecule has 3 heterocycles. The molecule has 3 rings (SSSR count). The first kappa shape index (κ1) is 18.1. The van der Waals surface area contributed by atoms with E-state index in [1.54, 1.807) is 11.0 Å². The standard InChI is InChI=1S/C15H18ClF3N6/c16-13-7-12(15(17,18)19)8-21-14(13)9-24-3-1-23(2-4-24)5-6-25-11-20-10-22-25/h7-8,10-11H,1-6,9H2. The minimum absolute atomic E-state index is 0.0587. The van der Waals surface area contributed by atoms with Crippen LogP contribution in [0.1, 0.15) is 11.3 Å². The van der Waals surface area contributed by atoms with Crippen molar-refractivity contribution < 1.29 is 13.2 Å². The highest BCUT2D eigenvalue weighted by Gasteiger charge is 2.31. The molecule has 0 amide bonds. The highest BCUT2D eigenvalue weighted by Crippen LogP contribution is 2.31. The topological polar surface area (TPSA) is 50.1 Å². The van der Waals surface area contributed by atoms with Crippen molar-refractivity contribution in [3.05, 3.63) is 41.2 Å². The van der Waals surface area contributed by atoms with Crippen LogP contribution < -0.4 is 0 Å². The zero-order valence-corrected chi connectivity index (χ0v) is 14.2. The summed E-state index contributed by atoms with van der Waals surface area (Å²) in [6, 6.07) is 0.943. The molecule has 0 radical (unpaired) electrons. The molecule has 0 bridgehead atoms. The van der Waals surface area contributed by atoms with E-state index in [-0.39, 0.29) is 5.02 Å². The number of piperazine rings is 1. The molecule has 10 heteroatoms. The summed E-state index contributed by atoms with van der Waals surface area (Å²) in [5.41, 5.74) is -0.343. The van der Waals surface area contributed by atoms with E-state index < -0.39 is 11.7 Å². The van der Waals surface area contributed by atoms with Crippen molar-refractivity contribution in [2.75, 3.05) is 32.7 Å². The van der Waals surface area contributed by atoms with E-state index in [1.807, 2.05) is 0 Å². The van der Waals surface area contributed by atoms with Gasteiger partial charge in [0, 0.05) is 45.5 Å². The molecule has 0 N–H and O–H groups in total. The average molecular weight is 375 g/mol. The number of alkyl halides is 3. The molecule has 0 unspecified atom stereocenters. The molecule has 25 heavy (non-hydrogen) atoms. The second-order valence-corrected chi connectivity index (χ2v) is 6.33. The zero-order valence-electron chi connectivity index (χ0n) is 13.5. The van der Waals surface area contributed by atoms with Crippen LogP contribution >= 0.6 is 11.6 Å². The van der Waals surface area contributed by atoms with E-state index in [0.29, 0.717) is 12.2 Å². The maximum atomic E-state index is 12.7. The van der Waals surface area contributed by atoms with Gasteiger partial charge in [0.1, 0.15) is 12.7 Å². The summed E-state index contributed by atoms with van der Waals surface area (Å²) in [6.45, 7) is 5.52. The van der Waals surface area contributed by atoms with Crippen molar-refractivity contribution in [1.29, 1.82) is 0 Å². The monoisotopic (exact) mass is 374 g/mol. The van der Waals surface area contributed by atoms with Gasteiger partial charge >= 0.3 is 6.18 Å². The Balaban J connectivity index is 1.49. The van der Waals surface area contributed by atoms with Crippen molar-refractivity contribution in [2.24, 2.45) is 0 Å². The summed E-state index contributed by atoms with van der Waals surface area (Å²) in [6.07, 6.45) is -0.381. The first-order chi connectivity index (χ1) is 11.9. The van der Waals surface area contributed by atoms with Crippen LogP contribution in [0.3, 0.4) is 0 Å². The predicted molar refractivity (Wildman–Crippen MR) is 86.0 cm³/mol. The van der Waals surface area contributed by atoms with Crippen LogP contribution in [0.4, 0.5) is 13.2 Å². The summed E-state index contributed by atoms with van der Waals surface area (Å²) in [5.74, 6) is 0. The first-order valence-electron chi connectivity index (χ1n) is 7.90. The van der Waals surface area contributed by atoms with Crippen LogP contribution in [-0.2, 0) is 19.3 Å². The molecule has 0 aliphatic carbocycles. The second-order valence-electron chi connectivity index (χ2n) is 5.93. The second kappa shape index (κ2) is 7.67. The molecule has 6 nitrogen and oxygen atoms in total. The van der Waals surface area contributed by atoms with Gasteiger partial charge in [-0.1, -0.05) is 11.6 Å². The van der Waals surface area contributed by atoms with Gasteiger partial charge < -0.3 is 0 Å². The maximum Gasteiger partial charge on any atom is 0.417 e. The number of nitrogens with zero attached hydrogens (tertiary/aromatic N) is 6. The number of rotatable bonds is 5. The Kier molecular flexibility index (Phi) is 5.55. The molecule has 1 aliphatic heterocycles. The normalized spacial score (nSPS) is 17.1. The summed E-state index contributed by atoms with van der Waals surface area (Å²) >= 11 is 5.97. The van der Waals surface area contributed by atoms with Crippen LogP contribution in [0.2, 0.25) is 5.02 Å². The fourth-order valence-corrected chi connectivity index (χ4v) is 2.94. The van der Waals surface area contributed by atoms with Gasteiger partial charge in [-0.05, 0) is 6.07 Å². The molecule has 2 aromatic heterocycles. The van der Waals surface area contributed by atoms with Gasteiger partial charge in [-0.25, -0.2) is 4.98 Å². The van der Waals surface area contributed by atoms with Crippen molar-refractivity contribution in [3.63, 3.8) is 0 Å². The Morgan fingerprint density at radius 2 is 1.80 bits per heavy atom. The van der Waals surface area contributed by atoms with Crippen LogP contribution in [-0.4, -0.2) is 62.3 Å². The lowest BCUT2D eigenvalue weighted by Gasteiger charge is -2.34. The highest BCUT2D eigenvalue weighted by molar-refractivity contribution is 6.31. The van der Waals surface area contributed by atoms with E-state index in [0.717, 1.165) is 51.5 Å². The Morgan fingerprint density at radius 3 is 2.40 bits per heavy atom. The van der Waals surface area contributed by atoms with Crippen LogP contribution in [0.25, 0.3) is 0 Å². The Bertz CT molecular complexity index is 683. The quantitative estimate of drug-likeness (QED) is 0.802. The molecule has 0 aromatic carbocycles. The highest BCUT2D eigenvalue weighted by atomic mass is 35.5. The molecule has 2 aromatic rings. The van der Waals surface area contributed by atoms with Gasteiger partial charge in [-0.3, -0.25) is 19.5 Å². The molecule has 1 saturated heterocycles. The molecular weight excluding hydrogens is 357 g/mol. The molecule has 0 spiro atoms. The van der Waals surface area contributed by atoms with Crippen molar-refractivity contribution >= 4 is 11.6 Å². The van der Waals surface area contributed by atoms with Gasteiger partial charge in [0.05, 0.1) is 22.8 Å². The van der Waals surface area contributed by atoms with Gasteiger partial charge in [-0.2, -0.15) is 18.3 Å². The largest absolute Gasteiger partial charge is 0.417 e. The SMILES string of the molecule is FC(F)(F)c1cnc(CN2CCN(CCn3cncn3)CC2)c(Cl)c1. The zero-order chi connectivity index (χ0) is 17.9. The van der Waals surface area contributed by atoms with Gasteiger partial charge in [0.15, 0.2) is 0 Å². The van der Waals surface area contributed by atoms with Gasteiger partial charge in [0.2, 0.25) is 0 Å². The minimum atomic E-state index is -4.43. The molecular formula is C15H18ClF3N6. The molecule has 136 valence electrons. The van der Waals surface area contributed by atoms with Gasteiger partial charge in [-0.15, -0.1) is 0 Å². The summed E-state index contributed by atoms with van der Waals surface area (Å²) in [4.78, 5) is 12.3. The van der Waals surface area contributed by atoms with Gasteiger partial charge in [0.25, 0.3) is 0 Å². The summed E-state index contributed by atoms with van der Waals surface area (Å²) < 4.78 is 39.7. The van der Waals surface area contributed by atoms with Crippen molar-refractivity contribution in [2.45, 2.75) is 19.3 Å². The lowest BCUT2D eigenvalue weighted by Crippen LogP contribution is -2.46. The van der Waals surface area contributed by atoms with E-state index >= 15 is 0 Å². The lowest BCUT2D eigenvalue weighted by molar-refractivity contribution is -0.137. The van der Waals surface area contributed by atoms with E-state index in [1.165, 1.54) is 6.33 Å².